The van der Waals surface area contributed by atoms with E-state index in [4.69, 9.17) is 14.2 Å². The maximum absolute atomic E-state index is 13.3. The third-order valence-corrected chi connectivity index (χ3v) is 4.65. The van der Waals surface area contributed by atoms with E-state index in [0.29, 0.717) is 16.9 Å². The van der Waals surface area contributed by atoms with Gasteiger partial charge in [-0.3, -0.25) is 0 Å². The largest absolute Gasteiger partial charge is 0.496 e. The Kier molecular flexibility index (Phi) is 7.39. The number of rotatable bonds is 8. The number of halogens is 2. The molecular formula is C26H22F2O4. The van der Waals surface area contributed by atoms with Crippen molar-refractivity contribution in [2.24, 2.45) is 0 Å². The first-order valence-corrected chi connectivity index (χ1v) is 9.74. The zero-order valence-electron chi connectivity index (χ0n) is 17.7. The zero-order chi connectivity index (χ0) is 23.1. The molecule has 0 fully saturated rings. The first kappa shape index (κ1) is 22.7. The Morgan fingerprint density at radius 3 is 1.94 bits per heavy atom. The van der Waals surface area contributed by atoms with Gasteiger partial charge in [0.1, 0.15) is 24.0 Å². The molecule has 0 heterocycles. The summed E-state index contributed by atoms with van der Waals surface area (Å²) in [6, 6.07) is 19.7. The van der Waals surface area contributed by atoms with Gasteiger partial charge in [-0.05, 0) is 53.4 Å². The van der Waals surface area contributed by atoms with Crippen molar-refractivity contribution in [3.05, 3.63) is 97.0 Å². The van der Waals surface area contributed by atoms with Gasteiger partial charge in [-0.15, -0.1) is 0 Å². The van der Waals surface area contributed by atoms with E-state index in [1.165, 1.54) is 19.4 Å². The van der Waals surface area contributed by atoms with E-state index in [9.17, 15) is 13.6 Å². The van der Waals surface area contributed by atoms with Crippen molar-refractivity contribution in [2.45, 2.75) is 13.3 Å². The molecule has 0 saturated carbocycles. The summed E-state index contributed by atoms with van der Waals surface area (Å²) >= 11 is 0. The van der Waals surface area contributed by atoms with Crippen LogP contribution in [0.3, 0.4) is 0 Å². The summed E-state index contributed by atoms with van der Waals surface area (Å²) in [4.78, 5) is 11.3. The number of methoxy groups -OCH3 is 1. The summed E-state index contributed by atoms with van der Waals surface area (Å²) in [7, 11) is 1.38. The highest BCUT2D eigenvalue weighted by atomic mass is 19.3. The topological polar surface area (TPSA) is 44.8 Å². The standard InChI is InChI=1S/C26H22F2O4/c1-17(2)26(29)32-15-14-31-22-11-8-19(9-12-22)18-4-6-20(7-5-18)21-10-13-24(30-3)23(16-21)25(27)28/h4-16,25H,1H2,2-3H3/b15-14-. The molecule has 6 heteroatoms. The number of hydrogen-bond acceptors (Lipinski definition) is 4. The fraction of sp³-hybridized carbons (Fsp3) is 0.115. The van der Waals surface area contributed by atoms with Crippen LogP contribution in [-0.4, -0.2) is 13.1 Å². The number of carbonyl (C=O) groups is 1. The fourth-order valence-corrected chi connectivity index (χ4v) is 2.96. The number of esters is 1. The molecule has 0 aliphatic rings. The van der Waals surface area contributed by atoms with Gasteiger partial charge in [0.15, 0.2) is 0 Å². The Labute approximate surface area is 185 Å². The van der Waals surface area contributed by atoms with Crippen molar-refractivity contribution < 1.29 is 27.8 Å². The first-order valence-electron chi connectivity index (χ1n) is 9.74. The average molecular weight is 436 g/mol. The Morgan fingerprint density at radius 1 is 0.875 bits per heavy atom. The van der Waals surface area contributed by atoms with E-state index in [1.54, 1.807) is 31.2 Å². The van der Waals surface area contributed by atoms with Gasteiger partial charge in [-0.1, -0.05) is 49.0 Å². The van der Waals surface area contributed by atoms with E-state index in [1.807, 2.05) is 36.4 Å². The summed E-state index contributed by atoms with van der Waals surface area (Å²) in [6.45, 7) is 5.04. The summed E-state index contributed by atoms with van der Waals surface area (Å²) < 4.78 is 41.8. The number of carbonyl (C=O) groups excluding carboxylic acids is 1. The van der Waals surface area contributed by atoms with E-state index in [-0.39, 0.29) is 11.3 Å². The lowest BCUT2D eigenvalue weighted by Crippen LogP contribution is -1.99. The van der Waals surface area contributed by atoms with Crippen LogP contribution < -0.4 is 9.47 Å². The molecule has 0 unspecified atom stereocenters. The zero-order valence-corrected chi connectivity index (χ0v) is 17.7. The van der Waals surface area contributed by atoms with E-state index in [2.05, 4.69) is 6.58 Å². The lowest BCUT2D eigenvalue weighted by molar-refractivity contribution is -0.133. The summed E-state index contributed by atoms with van der Waals surface area (Å²) in [6.07, 6.45) is -0.187. The molecule has 32 heavy (non-hydrogen) atoms. The van der Waals surface area contributed by atoms with Crippen LogP contribution in [0.2, 0.25) is 0 Å². The van der Waals surface area contributed by atoms with Crippen LogP contribution in [0.25, 0.3) is 22.3 Å². The van der Waals surface area contributed by atoms with Crippen LogP contribution in [0, 0.1) is 0 Å². The van der Waals surface area contributed by atoms with E-state index in [0.717, 1.165) is 23.0 Å². The maximum atomic E-state index is 13.3. The van der Waals surface area contributed by atoms with Crippen LogP contribution in [0.1, 0.15) is 18.9 Å². The van der Waals surface area contributed by atoms with Crippen LogP contribution in [0.4, 0.5) is 8.78 Å². The van der Waals surface area contributed by atoms with Crippen LogP contribution in [0.5, 0.6) is 11.5 Å². The molecule has 0 saturated heterocycles. The number of hydrogen-bond donors (Lipinski definition) is 0. The quantitative estimate of drug-likeness (QED) is 0.218. The number of benzene rings is 3. The normalized spacial score (nSPS) is 10.9. The van der Waals surface area contributed by atoms with Gasteiger partial charge in [-0.25, -0.2) is 13.6 Å². The second-order valence-corrected chi connectivity index (χ2v) is 6.93. The van der Waals surface area contributed by atoms with E-state index < -0.39 is 12.4 Å². The highest BCUT2D eigenvalue weighted by molar-refractivity contribution is 5.87. The Hall–Kier alpha value is -3.93. The highest BCUT2D eigenvalue weighted by Crippen LogP contribution is 2.34. The summed E-state index contributed by atoms with van der Waals surface area (Å²) in [5, 5.41) is 0. The van der Waals surface area contributed by atoms with Crippen molar-refractivity contribution in [1.82, 2.24) is 0 Å². The van der Waals surface area contributed by atoms with Gasteiger partial charge in [0.25, 0.3) is 6.43 Å². The molecule has 0 amide bonds. The molecule has 0 bridgehead atoms. The second-order valence-electron chi connectivity index (χ2n) is 6.93. The summed E-state index contributed by atoms with van der Waals surface area (Å²) in [5.74, 6) is 0.223. The molecule has 3 aromatic carbocycles. The van der Waals surface area contributed by atoms with Crippen LogP contribution in [0.15, 0.2) is 91.4 Å². The predicted molar refractivity (Wildman–Crippen MR) is 119 cm³/mol. The van der Waals surface area contributed by atoms with Crippen LogP contribution >= 0.6 is 0 Å². The fourth-order valence-electron chi connectivity index (χ4n) is 2.96. The monoisotopic (exact) mass is 436 g/mol. The molecule has 0 aromatic heterocycles. The minimum Gasteiger partial charge on any atom is -0.496 e. The maximum Gasteiger partial charge on any atom is 0.338 e. The van der Waals surface area contributed by atoms with Gasteiger partial charge in [-0.2, -0.15) is 0 Å². The number of ether oxygens (including phenoxy) is 3. The Morgan fingerprint density at radius 2 is 1.41 bits per heavy atom. The minimum atomic E-state index is -2.61. The van der Waals surface area contributed by atoms with Gasteiger partial charge >= 0.3 is 5.97 Å². The molecule has 0 radical (unpaired) electrons. The van der Waals surface area contributed by atoms with Gasteiger partial charge in [0, 0.05) is 5.57 Å². The molecule has 3 aromatic rings. The van der Waals surface area contributed by atoms with Gasteiger partial charge in [0.05, 0.1) is 12.7 Å². The lowest BCUT2D eigenvalue weighted by Gasteiger charge is -2.11. The highest BCUT2D eigenvalue weighted by Gasteiger charge is 2.15. The van der Waals surface area contributed by atoms with Crippen molar-refractivity contribution in [2.75, 3.05) is 7.11 Å². The van der Waals surface area contributed by atoms with Gasteiger partial charge in [0.2, 0.25) is 0 Å². The Balaban J connectivity index is 1.69. The molecule has 3 rings (SSSR count). The molecule has 0 N–H and O–H groups in total. The lowest BCUT2D eigenvalue weighted by atomic mass is 9.99. The minimum absolute atomic E-state index is 0.131. The third kappa shape index (κ3) is 5.60. The van der Waals surface area contributed by atoms with Crippen LogP contribution in [-0.2, 0) is 9.53 Å². The molecule has 0 aliphatic carbocycles. The van der Waals surface area contributed by atoms with Crippen molar-refractivity contribution in [1.29, 1.82) is 0 Å². The molecule has 0 aliphatic heterocycles. The van der Waals surface area contributed by atoms with Crippen molar-refractivity contribution in [3.63, 3.8) is 0 Å². The average Bonchev–Trinajstić information content (AvgIpc) is 2.81. The van der Waals surface area contributed by atoms with E-state index >= 15 is 0 Å². The molecular weight excluding hydrogens is 414 g/mol. The molecule has 4 nitrogen and oxygen atoms in total. The van der Waals surface area contributed by atoms with Crippen molar-refractivity contribution in [3.8, 4) is 33.8 Å². The Bertz CT molecular complexity index is 1120. The molecule has 0 atom stereocenters. The predicted octanol–water partition coefficient (Wildman–Crippen LogP) is 6.94. The smallest absolute Gasteiger partial charge is 0.338 e. The van der Waals surface area contributed by atoms with Gasteiger partial charge < -0.3 is 14.2 Å². The first-order chi connectivity index (χ1) is 15.4. The molecule has 0 spiro atoms. The number of alkyl halides is 2. The third-order valence-electron chi connectivity index (χ3n) is 4.65. The summed E-state index contributed by atoms with van der Waals surface area (Å²) in [5.41, 5.74) is 3.61. The van der Waals surface area contributed by atoms with Crippen molar-refractivity contribution >= 4 is 5.97 Å². The SMILES string of the molecule is C=C(C)C(=O)O/C=C\Oc1ccc(-c2ccc(-c3ccc(OC)c(C(F)F)c3)cc2)cc1. The molecule has 164 valence electrons. The second kappa shape index (κ2) is 10.4.